The van der Waals surface area contributed by atoms with Crippen molar-refractivity contribution in [2.24, 2.45) is 16.7 Å². The summed E-state index contributed by atoms with van der Waals surface area (Å²) in [4.78, 5) is 31.9. The molecule has 1 aliphatic heterocycles. The minimum absolute atomic E-state index is 0.0775. The van der Waals surface area contributed by atoms with Gasteiger partial charge in [-0.2, -0.15) is 0 Å². The number of aromatic nitrogens is 1. The Balaban J connectivity index is 1.30. The van der Waals surface area contributed by atoms with Crippen LogP contribution in [0.3, 0.4) is 0 Å². The Kier molecular flexibility index (Phi) is 5.05. The molecular formula is C22H29N3O3S. The number of hydrogen-bond acceptors (Lipinski definition) is 5. The van der Waals surface area contributed by atoms with E-state index in [0.717, 1.165) is 30.9 Å². The molecule has 0 spiro atoms. The van der Waals surface area contributed by atoms with Crippen molar-refractivity contribution in [3.8, 4) is 0 Å². The second-order valence-electron chi connectivity index (χ2n) is 9.31. The lowest BCUT2D eigenvalue weighted by Gasteiger charge is -2.31. The Morgan fingerprint density at radius 1 is 1.24 bits per heavy atom. The number of rotatable bonds is 5. The second kappa shape index (κ2) is 7.27. The van der Waals surface area contributed by atoms with Crippen molar-refractivity contribution in [2.45, 2.75) is 53.0 Å². The summed E-state index contributed by atoms with van der Waals surface area (Å²) >= 11 is 1.54. The Hall–Kier alpha value is -2.15. The van der Waals surface area contributed by atoms with Crippen molar-refractivity contribution in [3.63, 3.8) is 0 Å². The van der Waals surface area contributed by atoms with E-state index >= 15 is 0 Å². The van der Waals surface area contributed by atoms with Gasteiger partial charge in [-0.3, -0.25) is 9.59 Å². The van der Waals surface area contributed by atoms with Crippen molar-refractivity contribution in [1.82, 2.24) is 15.2 Å². The summed E-state index contributed by atoms with van der Waals surface area (Å²) in [5.74, 6) is 1.27. The van der Waals surface area contributed by atoms with Gasteiger partial charge in [0.15, 0.2) is 0 Å². The number of nitrogens with zero attached hydrogens (tertiary/aromatic N) is 2. The van der Waals surface area contributed by atoms with E-state index in [0.29, 0.717) is 29.8 Å². The van der Waals surface area contributed by atoms with Crippen molar-refractivity contribution >= 4 is 23.2 Å². The third kappa shape index (κ3) is 3.61. The summed E-state index contributed by atoms with van der Waals surface area (Å²) in [6.45, 7) is 10.7. The van der Waals surface area contributed by atoms with Crippen LogP contribution in [0.5, 0.6) is 0 Å². The fraction of sp³-hybridized carbons (Fsp3) is 0.591. The van der Waals surface area contributed by atoms with E-state index in [-0.39, 0.29) is 22.7 Å². The van der Waals surface area contributed by atoms with Crippen LogP contribution < -0.4 is 5.32 Å². The minimum Gasteiger partial charge on any atom is -0.467 e. The lowest BCUT2D eigenvalue weighted by atomic mass is 9.96. The third-order valence-electron chi connectivity index (χ3n) is 7.18. The summed E-state index contributed by atoms with van der Waals surface area (Å²) < 4.78 is 5.23. The van der Waals surface area contributed by atoms with Gasteiger partial charge in [0.1, 0.15) is 11.5 Å². The monoisotopic (exact) mass is 415 g/mol. The van der Waals surface area contributed by atoms with Crippen LogP contribution in [0.25, 0.3) is 0 Å². The predicted molar refractivity (Wildman–Crippen MR) is 112 cm³/mol. The number of hydrogen-bond donors (Lipinski definition) is 1. The first-order valence-electron chi connectivity index (χ1n) is 10.3. The quantitative estimate of drug-likeness (QED) is 0.799. The zero-order chi connectivity index (χ0) is 20.8. The van der Waals surface area contributed by atoms with Gasteiger partial charge in [-0.15, -0.1) is 11.3 Å². The molecule has 2 fully saturated rings. The molecule has 0 radical (unpaired) electrons. The molecule has 0 aromatic carbocycles. The van der Waals surface area contributed by atoms with Crippen molar-refractivity contribution in [3.05, 3.63) is 40.2 Å². The summed E-state index contributed by atoms with van der Waals surface area (Å²) in [6, 6.07) is 3.62. The molecule has 6 nitrogen and oxygen atoms in total. The van der Waals surface area contributed by atoms with Crippen LogP contribution in [0.15, 0.2) is 28.2 Å². The van der Waals surface area contributed by atoms with E-state index in [2.05, 4.69) is 38.0 Å². The zero-order valence-corrected chi connectivity index (χ0v) is 18.3. The average molecular weight is 416 g/mol. The lowest BCUT2D eigenvalue weighted by molar-refractivity contribution is -0.134. The highest BCUT2D eigenvalue weighted by molar-refractivity contribution is 7.09. The number of likely N-dealkylation sites (tertiary alicyclic amines) is 1. The Morgan fingerprint density at radius 2 is 1.93 bits per heavy atom. The van der Waals surface area contributed by atoms with Gasteiger partial charge in [0.05, 0.1) is 17.8 Å². The van der Waals surface area contributed by atoms with Crippen LogP contribution in [0, 0.1) is 16.7 Å². The molecule has 7 heteroatoms. The molecule has 0 atom stereocenters. The van der Waals surface area contributed by atoms with E-state index in [1.54, 1.807) is 12.3 Å². The van der Waals surface area contributed by atoms with Crippen LogP contribution >= 0.6 is 11.3 Å². The fourth-order valence-corrected chi connectivity index (χ4v) is 5.56. The molecule has 3 heterocycles. The number of amides is 2. The minimum atomic E-state index is -0.185. The molecule has 1 saturated heterocycles. The number of piperidine rings is 1. The Morgan fingerprint density at radius 3 is 2.52 bits per heavy atom. The van der Waals surface area contributed by atoms with Gasteiger partial charge < -0.3 is 14.6 Å². The maximum absolute atomic E-state index is 12.9. The highest BCUT2D eigenvalue weighted by atomic mass is 32.1. The average Bonchev–Trinajstić information content (AvgIpc) is 3.23. The zero-order valence-electron chi connectivity index (χ0n) is 17.5. The Bertz CT molecular complexity index is 878. The van der Waals surface area contributed by atoms with Crippen LogP contribution in [-0.4, -0.2) is 34.8 Å². The van der Waals surface area contributed by atoms with Crippen LogP contribution in [0.1, 0.15) is 67.7 Å². The number of carbonyl (C=O) groups is 2. The largest absolute Gasteiger partial charge is 0.467 e. The normalized spacial score (nSPS) is 21.2. The van der Waals surface area contributed by atoms with Gasteiger partial charge >= 0.3 is 0 Å². The smallest absolute Gasteiger partial charge is 0.271 e. The fourth-order valence-electron chi connectivity index (χ4n) is 4.59. The molecule has 1 saturated carbocycles. The van der Waals surface area contributed by atoms with Crippen molar-refractivity contribution in [2.75, 3.05) is 13.1 Å². The molecule has 0 bridgehead atoms. The molecule has 1 N–H and O–H groups in total. The van der Waals surface area contributed by atoms with Gasteiger partial charge in [0.2, 0.25) is 5.91 Å². The molecule has 156 valence electrons. The number of thiazole rings is 1. The van der Waals surface area contributed by atoms with Crippen molar-refractivity contribution < 1.29 is 14.0 Å². The van der Waals surface area contributed by atoms with Gasteiger partial charge in [0.25, 0.3) is 5.91 Å². The van der Waals surface area contributed by atoms with E-state index < -0.39 is 0 Å². The molecule has 0 unspecified atom stereocenters. The molecule has 2 aromatic rings. The maximum atomic E-state index is 12.9. The highest BCUT2D eigenvalue weighted by Crippen LogP contribution is 2.68. The molecule has 4 rings (SSSR count). The second-order valence-corrected chi connectivity index (χ2v) is 10.2. The first-order valence-corrected chi connectivity index (χ1v) is 11.1. The molecule has 2 amide bonds. The highest BCUT2D eigenvalue weighted by Gasteiger charge is 2.68. The van der Waals surface area contributed by atoms with E-state index in [9.17, 15) is 9.59 Å². The van der Waals surface area contributed by atoms with Crippen LogP contribution in [0.2, 0.25) is 0 Å². The summed E-state index contributed by atoms with van der Waals surface area (Å²) in [5, 5.41) is 5.64. The molecule has 2 aromatic heterocycles. The number of nitrogens with one attached hydrogen (secondary N) is 1. The SMILES string of the molecule is CC1(C)C(C(=O)N2CCC(c3nc(C(=O)NCc4ccco4)cs3)CC2)C1(C)C. The van der Waals surface area contributed by atoms with E-state index in [4.69, 9.17) is 4.42 Å². The van der Waals surface area contributed by atoms with Crippen LogP contribution in [0.4, 0.5) is 0 Å². The Labute approximate surface area is 175 Å². The molecule has 1 aliphatic carbocycles. The summed E-state index contributed by atoms with van der Waals surface area (Å²) in [6.07, 6.45) is 3.39. The van der Waals surface area contributed by atoms with Gasteiger partial charge in [0, 0.05) is 30.3 Å². The predicted octanol–water partition coefficient (Wildman–Crippen LogP) is 4.05. The van der Waals surface area contributed by atoms with E-state index in [1.165, 1.54) is 11.3 Å². The standard InChI is InChI=1S/C22H29N3O3S/c1-21(2)17(22(21,3)4)20(27)25-9-7-14(8-10-25)19-24-16(13-29-19)18(26)23-12-15-6-5-11-28-15/h5-6,11,13-14,17H,7-10,12H2,1-4H3,(H,23,26). The molecule has 2 aliphatic rings. The van der Waals surface area contributed by atoms with Gasteiger partial charge in [-0.1, -0.05) is 27.7 Å². The third-order valence-corrected chi connectivity index (χ3v) is 8.19. The molecule has 29 heavy (non-hydrogen) atoms. The first kappa shape index (κ1) is 20.1. The summed E-state index contributed by atoms with van der Waals surface area (Å²) in [5.41, 5.74) is 0.610. The van der Waals surface area contributed by atoms with E-state index in [1.807, 2.05) is 16.3 Å². The summed E-state index contributed by atoms with van der Waals surface area (Å²) in [7, 11) is 0. The maximum Gasteiger partial charge on any atom is 0.271 e. The topological polar surface area (TPSA) is 75.4 Å². The molecular weight excluding hydrogens is 386 g/mol. The van der Waals surface area contributed by atoms with Gasteiger partial charge in [-0.05, 0) is 35.8 Å². The van der Waals surface area contributed by atoms with Crippen LogP contribution in [-0.2, 0) is 11.3 Å². The first-order chi connectivity index (χ1) is 13.7. The number of carbonyl (C=O) groups excluding carboxylic acids is 2. The van der Waals surface area contributed by atoms with Crippen molar-refractivity contribution in [1.29, 1.82) is 0 Å². The van der Waals surface area contributed by atoms with Gasteiger partial charge in [-0.25, -0.2) is 4.98 Å². The number of furan rings is 1. The lowest BCUT2D eigenvalue weighted by Crippen LogP contribution is -2.40.